The molecule has 0 saturated carbocycles. The van der Waals surface area contributed by atoms with Gasteiger partial charge in [-0.15, -0.1) is 0 Å². The van der Waals surface area contributed by atoms with E-state index in [0.29, 0.717) is 0 Å². The van der Waals surface area contributed by atoms with E-state index in [1.54, 1.807) is 6.21 Å². The lowest BCUT2D eigenvalue weighted by atomic mass is 10.3. The molecule has 0 atom stereocenters. The van der Waals surface area contributed by atoms with Crippen molar-refractivity contribution in [3.8, 4) is 0 Å². The fourth-order valence-corrected chi connectivity index (χ4v) is 0.435. The van der Waals surface area contributed by atoms with Gasteiger partial charge in [0.05, 0.1) is 0 Å². The van der Waals surface area contributed by atoms with Crippen molar-refractivity contribution >= 4 is 12.1 Å². The molecule has 0 bridgehead atoms. The maximum atomic E-state index is 10.2. The van der Waals surface area contributed by atoms with Gasteiger partial charge in [-0.05, 0) is 12.5 Å². The lowest BCUT2D eigenvalue weighted by Gasteiger charge is -1.68. The van der Waals surface area contributed by atoms with Gasteiger partial charge in [0.25, 0.3) is 5.91 Å². The van der Waals surface area contributed by atoms with Crippen molar-refractivity contribution in [2.45, 2.75) is 6.92 Å². The highest BCUT2D eigenvalue weighted by molar-refractivity contribution is 6.06. The number of amides is 1. The van der Waals surface area contributed by atoms with Gasteiger partial charge >= 0.3 is 0 Å². The molecule has 0 unspecified atom stereocenters. The van der Waals surface area contributed by atoms with E-state index in [9.17, 15) is 4.79 Å². The predicted octanol–water partition coefficient (Wildman–Crippen LogP) is 0.544. The number of rotatable bonds is 0. The fraction of sp³-hybridized carbons (Fsp3) is 0.200. The second-order valence-electron chi connectivity index (χ2n) is 1.48. The molecule has 36 valence electrons. The van der Waals surface area contributed by atoms with Crippen molar-refractivity contribution in [2.75, 3.05) is 0 Å². The Labute approximate surface area is 41.6 Å². The molecule has 1 rings (SSSR count). The first-order valence-corrected chi connectivity index (χ1v) is 2.05. The van der Waals surface area contributed by atoms with Crippen LogP contribution in [0.1, 0.15) is 6.92 Å². The second-order valence-corrected chi connectivity index (χ2v) is 1.48. The van der Waals surface area contributed by atoms with Crippen LogP contribution in [0, 0.1) is 0 Å². The molecule has 1 heterocycles. The minimum Gasteiger partial charge on any atom is -0.267 e. The van der Waals surface area contributed by atoms with Crippen molar-refractivity contribution < 1.29 is 4.79 Å². The van der Waals surface area contributed by atoms with Crippen LogP contribution in [-0.4, -0.2) is 12.1 Å². The first-order chi connectivity index (χ1) is 3.29. The molecule has 0 aromatic heterocycles. The molecule has 0 N–H and O–H groups in total. The number of nitrogens with zero attached hydrogens (tertiary/aromatic N) is 1. The lowest BCUT2D eigenvalue weighted by Crippen LogP contribution is -1.75. The molecule has 1 aliphatic rings. The summed E-state index contributed by atoms with van der Waals surface area (Å²) in [5, 5.41) is 0. The van der Waals surface area contributed by atoms with Gasteiger partial charge in [0.2, 0.25) is 0 Å². The SMILES string of the molecule is CC1=CC(=O)N=C1. The summed E-state index contributed by atoms with van der Waals surface area (Å²) in [6.07, 6.45) is 3.06. The zero-order chi connectivity index (χ0) is 5.28. The molecule has 1 aliphatic heterocycles. The van der Waals surface area contributed by atoms with Crippen LogP contribution < -0.4 is 0 Å². The summed E-state index contributed by atoms with van der Waals surface area (Å²) < 4.78 is 0. The number of carbonyl (C=O) groups excluding carboxylic acids is 1. The van der Waals surface area contributed by atoms with Crippen LogP contribution in [0.15, 0.2) is 16.6 Å². The summed E-state index contributed by atoms with van der Waals surface area (Å²) in [5.74, 6) is -0.141. The molecular weight excluding hydrogens is 90.1 g/mol. The number of aliphatic imine (C=N–C) groups is 1. The van der Waals surface area contributed by atoms with Gasteiger partial charge in [-0.25, -0.2) is 4.99 Å². The first-order valence-electron chi connectivity index (χ1n) is 2.05. The van der Waals surface area contributed by atoms with Crippen LogP contribution in [-0.2, 0) is 4.79 Å². The summed E-state index contributed by atoms with van der Waals surface area (Å²) in [4.78, 5) is 13.6. The Kier molecular flexibility index (Phi) is 0.785. The Balaban J connectivity index is 2.88. The van der Waals surface area contributed by atoms with Crippen LogP contribution in [0.2, 0.25) is 0 Å². The van der Waals surface area contributed by atoms with Crippen LogP contribution in [0.5, 0.6) is 0 Å². The summed E-state index contributed by atoms with van der Waals surface area (Å²) in [5.41, 5.74) is 0.935. The average Bonchev–Trinajstić information content (AvgIpc) is 1.87. The third kappa shape index (κ3) is 0.738. The van der Waals surface area contributed by atoms with Gasteiger partial charge in [-0.3, -0.25) is 4.79 Å². The van der Waals surface area contributed by atoms with Gasteiger partial charge in [-0.1, -0.05) is 0 Å². The Morgan fingerprint density at radius 3 is 2.57 bits per heavy atom. The Hall–Kier alpha value is -0.920. The number of allylic oxidation sites excluding steroid dienone is 1. The largest absolute Gasteiger partial charge is 0.269 e. The standard InChI is InChI=1S/C5H5NO/c1-4-2-5(7)6-3-4/h2-3H,1H3. The molecule has 0 radical (unpaired) electrons. The molecule has 0 spiro atoms. The Morgan fingerprint density at radius 2 is 2.43 bits per heavy atom. The van der Waals surface area contributed by atoms with E-state index in [0.717, 1.165) is 5.57 Å². The number of carbonyl (C=O) groups is 1. The maximum Gasteiger partial charge on any atom is 0.269 e. The molecule has 0 aromatic carbocycles. The third-order valence-corrected chi connectivity index (χ3v) is 0.747. The second kappa shape index (κ2) is 1.30. The maximum absolute atomic E-state index is 10.2. The van der Waals surface area contributed by atoms with E-state index in [-0.39, 0.29) is 5.91 Å². The zero-order valence-electron chi connectivity index (χ0n) is 4.01. The van der Waals surface area contributed by atoms with E-state index in [2.05, 4.69) is 4.99 Å². The number of hydrogen-bond donors (Lipinski definition) is 0. The molecule has 2 nitrogen and oxygen atoms in total. The quantitative estimate of drug-likeness (QED) is 0.432. The molecule has 7 heavy (non-hydrogen) atoms. The van der Waals surface area contributed by atoms with Gasteiger partial charge in [-0.2, -0.15) is 0 Å². The molecule has 0 aliphatic carbocycles. The van der Waals surface area contributed by atoms with Crippen LogP contribution in [0.4, 0.5) is 0 Å². The van der Waals surface area contributed by atoms with Gasteiger partial charge in [0.1, 0.15) is 0 Å². The van der Waals surface area contributed by atoms with Crippen molar-refractivity contribution in [2.24, 2.45) is 4.99 Å². The Bertz CT molecular complexity index is 155. The summed E-state index contributed by atoms with van der Waals surface area (Å²) in [6.45, 7) is 1.84. The monoisotopic (exact) mass is 95.0 g/mol. The smallest absolute Gasteiger partial charge is 0.267 e. The highest BCUT2D eigenvalue weighted by Crippen LogP contribution is 1.96. The number of hydrogen-bond acceptors (Lipinski definition) is 1. The van der Waals surface area contributed by atoms with Crippen LogP contribution >= 0.6 is 0 Å². The normalized spacial score (nSPS) is 17.9. The van der Waals surface area contributed by atoms with Crippen molar-refractivity contribution in [3.63, 3.8) is 0 Å². The van der Waals surface area contributed by atoms with Gasteiger partial charge in [0, 0.05) is 12.3 Å². The molecule has 0 saturated heterocycles. The zero-order valence-corrected chi connectivity index (χ0v) is 4.01. The summed E-state index contributed by atoms with van der Waals surface area (Å²) in [7, 11) is 0. The van der Waals surface area contributed by atoms with E-state index in [1.807, 2.05) is 6.92 Å². The van der Waals surface area contributed by atoms with Crippen molar-refractivity contribution in [1.82, 2.24) is 0 Å². The molecule has 0 aromatic rings. The lowest BCUT2D eigenvalue weighted by molar-refractivity contribution is -0.113. The first kappa shape index (κ1) is 4.24. The highest BCUT2D eigenvalue weighted by atomic mass is 16.1. The Morgan fingerprint density at radius 1 is 1.71 bits per heavy atom. The molecule has 2 heteroatoms. The van der Waals surface area contributed by atoms with Gasteiger partial charge < -0.3 is 0 Å². The van der Waals surface area contributed by atoms with Crippen molar-refractivity contribution in [3.05, 3.63) is 11.6 Å². The minimum atomic E-state index is -0.141. The molecule has 0 fully saturated rings. The average molecular weight is 95.1 g/mol. The highest BCUT2D eigenvalue weighted by Gasteiger charge is 1.98. The van der Waals surface area contributed by atoms with E-state index >= 15 is 0 Å². The van der Waals surface area contributed by atoms with E-state index in [4.69, 9.17) is 0 Å². The van der Waals surface area contributed by atoms with Gasteiger partial charge in [0.15, 0.2) is 0 Å². The topological polar surface area (TPSA) is 29.4 Å². The van der Waals surface area contributed by atoms with Crippen LogP contribution in [0.3, 0.4) is 0 Å². The van der Waals surface area contributed by atoms with E-state index in [1.165, 1.54) is 6.08 Å². The van der Waals surface area contributed by atoms with Crippen molar-refractivity contribution in [1.29, 1.82) is 0 Å². The predicted molar refractivity (Wildman–Crippen MR) is 27.3 cm³/mol. The third-order valence-electron chi connectivity index (χ3n) is 0.747. The molecule has 1 amide bonds. The molecular formula is C5H5NO. The minimum absolute atomic E-state index is 0.141. The summed E-state index contributed by atoms with van der Waals surface area (Å²) >= 11 is 0. The fourth-order valence-electron chi connectivity index (χ4n) is 0.435. The van der Waals surface area contributed by atoms with Crippen LogP contribution in [0.25, 0.3) is 0 Å². The summed E-state index contributed by atoms with van der Waals surface area (Å²) in [6, 6.07) is 0. The van der Waals surface area contributed by atoms with E-state index < -0.39 is 0 Å².